The van der Waals surface area contributed by atoms with Crippen molar-refractivity contribution < 1.29 is 29.6 Å². The lowest BCUT2D eigenvalue weighted by atomic mass is 9.71. The summed E-state index contributed by atoms with van der Waals surface area (Å²) in [5.74, 6) is 15.7. The molecule has 9 rings (SSSR count). The smallest absolute Gasteiger partial charge is 0.302 e. The number of fused-ring (bicyclic) bond motifs is 8. The van der Waals surface area contributed by atoms with Crippen molar-refractivity contribution in [3.05, 3.63) is 23.8 Å². The summed E-state index contributed by atoms with van der Waals surface area (Å²) < 4.78 is 12.6. The van der Waals surface area contributed by atoms with Gasteiger partial charge in [0.2, 0.25) is 0 Å². The molecule has 7 heterocycles. The van der Waals surface area contributed by atoms with Gasteiger partial charge in [-0.3, -0.25) is 14.6 Å². The number of aliphatic hydroxyl groups is 2. The van der Waals surface area contributed by atoms with E-state index in [1.165, 1.54) is 6.92 Å². The van der Waals surface area contributed by atoms with E-state index in [4.69, 9.17) is 20.2 Å². The van der Waals surface area contributed by atoms with Crippen molar-refractivity contribution in [2.75, 3.05) is 45.9 Å². The summed E-state index contributed by atoms with van der Waals surface area (Å²) in [5, 5.41) is 42.3. The van der Waals surface area contributed by atoms with Crippen molar-refractivity contribution in [1.82, 2.24) is 20.4 Å². The second kappa shape index (κ2) is 15.9. The Morgan fingerprint density at radius 3 is 2.85 bits per heavy atom. The third-order valence-corrected chi connectivity index (χ3v) is 13.4. The maximum Gasteiger partial charge on any atom is 0.302 e. The number of hydrogen-bond acceptors (Lipinski definition) is 12. The number of esters is 1. The van der Waals surface area contributed by atoms with Gasteiger partial charge in [-0.25, -0.2) is 4.99 Å². The third-order valence-electron chi connectivity index (χ3n) is 13.4. The van der Waals surface area contributed by atoms with Crippen LogP contribution < -0.4 is 21.1 Å². The SMILES string of the molecule is CC(=O)O[C@H]1C[C@@H](O)CC[C@]23C#C[C@H]4C[C@H](C#CC[C@@H]5[C@H]6C[C@H](CN(CN=C(N)NC2)C6)CN5C[C@@H]3O)C[C@H]2C[C@H](CCN2)Oc2cc(ccc2O)C[C@H]14. The minimum absolute atomic E-state index is 0.0151. The van der Waals surface area contributed by atoms with Crippen LogP contribution in [0.3, 0.4) is 0 Å². The van der Waals surface area contributed by atoms with Crippen LogP contribution in [-0.4, -0.2) is 119 Å². The number of carbonyl (C=O) groups is 1. The second-order valence-electron chi connectivity index (χ2n) is 17.4. The summed E-state index contributed by atoms with van der Waals surface area (Å²) >= 11 is 0. The van der Waals surface area contributed by atoms with Crippen LogP contribution in [0.5, 0.6) is 11.5 Å². The number of ether oxygens (including phenoxy) is 2. The van der Waals surface area contributed by atoms with Crippen LogP contribution in [-0.2, 0) is 16.0 Å². The topological polar surface area (TPSA) is 165 Å². The molecule has 0 aromatic heterocycles. The highest BCUT2D eigenvalue weighted by atomic mass is 16.5. The molecule has 1 aliphatic carbocycles. The molecule has 0 radical (unpaired) electrons. The van der Waals surface area contributed by atoms with Crippen molar-refractivity contribution in [1.29, 1.82) is 0 Å². The average molecular weight is 743 g/mol. The number of rotatable bonds is 1. The van der Waals surface area contributed by atoms with E-state index in [2.05, 4.69) is 44.1 Å². The maximum atomic E-state index is 12.7. The van der Waals surface area contributed by atoms with E-state index in [0.717, 1.165) is 57.4 Å². The number of benzene rings is 1. The number of nitrogens with zero attached hydrogens (tertiary/aromatic N) is 3. The molecular formula is C42H58N6O6. The first-order valence-corrected chi connectivity index (χ1v) is 20.4. The number of aromatic hydroxyl groups is 1. The number of guanidine groups is 1. The number of carbonyl (C=O) groups excluding carboxylic acids is 1. The summed E-state index contributed by atoms with van der Waals surface area (Å²) in [4.78, 5) is 22.4. The van der Waals surface area contributed by atoms with Gasteiger partial charge in [-0.1, -0.05) is 23.8 Å². The van der Waals surface area contributed by atoms with E-state index in [1.54, 1.807) is 6.07 Å². The Morgan fingerprint density at radius 2 is 1.98 bits per heavy atom. The molecule has 3 saturated heterocycles. The van der Waals surface area contributed by atoms with Gasteiger partial charge in [0.1, 0.15) is 12.2 Å². The van der Waals surface area contributed by atoms with E-state index in [-0.39, 0.29) is 54.7 Å². The zero-order valence-corrected chi connectivity index (χ0v) is 31.6. The molecule has 54 heavy (non-hydrogen) atoms. The van der Waals surface area contributed by atoms with Crippen LogP contribution in [0.1, 0.15) is 70.3 Å². The second-order valence-corrected chi connectivity index (χ2v) is 17.4. The molecule has 14 atom stereocenters. The highest BCUT2D eigenvalue weighted by Gasteiger charge is 2.46. The Balaban J connectivity index is 1.30. The predicted molar refractivity (Wildman–Crippen MR) is 204 cm³/mol. The highest BCUT2D eigenvalue weighted by molar-refractivity contribution is 5.77. The number of piperidine rings is 3. The van der Waals surface area contributed by atoms with Crippen LogP contribution in [0, 0.1) is 58.7 Å². The maximum absolute atomic E-state index is 12.7. The van der Waals surface area contributed by atoms with E-state index < -0.39 is 29.7 Å². The Kier molecular flexibility index (Phi) is 11.0. The van der Waals surface area contributed by atoms with Crippen molar-refractivity contribution in [3.8, 4) is 35.2 Å². The number of aliphatic hydroxyl groups excluding tert-OH is 2. The lowest BCUT2D eigenvalue weighted by Crippen LogP contribution is -2.60. The molecule has 1 aromatic carbocycles. The van der Waals surface area contributed by atoms with E-state index in [1.807, 2.05) is 12.1 Å². The van der Waals surface area contributed by atoms with Crippen molar-refractivity contribution >= 4 is 11.9 Å². The molecule has 1 spiro atoms. The van der Waals surface area contributed by atoms with Gasteiger partial charge in [0.15, 0.2) is 17.5 Å². The summed E-state index contributed by atoms with van der Waals surface area (Å²) in [6, 6.07) is 5.83. The van der Waals surface area contributed by atoms with Gasteiger partial charge in [-0.15, -0.1) is 5.92 Å². The first-order chi connectivity index (χ1) is 26.1. The number of nitrogens with one attached hydrogen (secondary N) is 2. The lowest BCUT2D eigenvalue weighted by Gasteiger charge is -2.51. The van der Waals surface area contributed by atoms with Gasteiger partial charge in [0.25, 0.3) is 0 Å². The molecule has 12 heteroatoms. The van der Waals surface area contributed by atoms with Gasteiger partial charge in [0.05, 0.1) is 24.3 Å². The van der Waals surface area contributed by atoms with Gasteiger partial charge in [-0.05, 0) is 87.4 Å². The molecule has 292 valence electrons. The molecule has 2 unspecified atom stereocenters. The monoisotopic (exact) mass is 742 g/mol. The Labute approximate surface area is 319 Å². The average Bonchev–Trinajstić information content (AvgIpc) is 3.14. The Bertz CT molecular complexity index is 1700. The predicted octanol–water partition coefficient (Wildman–Crippen LogP) is 1.81. The van der Waals surface area contributed by atoms with Crippen LogP contribution in [0.25, 0.3) is 0 Å². The Hall–Kier alpha value is -3.52. The normalized spacial score (nSPS) is 41.9. The van der Waals surface area contributed by atoms with Gasteiger partial charge in [0, 0.05) is 82.3 Å². The van der Waals surface area contributed by atoms with Gasteiger partial charge in [-0.2, -0.15) is 0 Å². The number of aliphatic imine (C=N–C) groups is 1. The first kappa shape index (κ1) is 37.4. The molecule has 3 fully saturated rings. The van der Waals surface area contributed by atoms with Crippen LogP contribution in [0.2, 0.25) is 0 Å². The minimum Gasteiger partial charge on any atom is -0.504 e. The van der Waals surface area contributed by atoms with Crippen LogP contribution in [0.15, 0.2) is 23.2 Å². The Morgan fingerprint density at radius 1 is 1.09 bits per heavy atom. The first-order valence-electron chi connectivity index (χ1n) is 20.4. The molecule has 7 aliphatic heterocycles. The lowest BCUT2D eigenvalue weighted by molar-refractivity contribution is -0.152. The van der Waals surface area contributed by atoms with Crippen molar-refractivity contribution in [2.45, 2.75) is 108 Å². The molecular weight excluding hydrogens is 684 g/mol. The molecule has 7 N–H and O–H groups in total. The summed E-state index contributed by atoms with van der Waals surface area (Å²) in [7, 11) is 0. The van der Waals surface area contributed by atoms with E-state index in [9.17, 15) is 20.1 Å². The van der Waals surface area contributed by atoms with E-state index >= 15 is 0 Å². The van der Waals surface area contributed by atoms with E-state index in [0.29, 0.717) is 68.9 Å². The summed E-state index contributed by atoms with van der Waals surface area (Å²) in [5.41, 5.74) is 6.50. The number of nitrogens with two attached hydrogens (primary N) is 1. The van der Waals surface area contributed by atoms with Gasteiger partial charge < -0.3 is 41.2 Å². The zero-order valence-electron chi connectivity index (χ0n) is 31.6. The van der Waals surface area contributed by atoms with Crippen molar-refractivity contribution in [3.63, 3.8) is 0 Å². The molecule has 8 aliphatic rings. The molecule has 1 aromatic rings. The fraction of sp³-hybridized carbons (Fsp3) is 0.714. The third kappa shape index (κ3) is 8.34. The largest absolute Gasteiger partial charge is 0.504 e. The number of phenols is 1. The van der Waals surface area contributed by atoms with Crippen LogP contribution in [0.4, 0.5) is 0 Å². The minimum atomic E-state index is -0.946. The molecule has 0 amide bonds. The van der Waals surface area contributed by atoms with Crippen LogP contribution >= 0.6 is 0 Å². The fourth-order valence-electron chi connectivity index (χ4n) is 10.7. The molecule has 12 nitrogen and oxygen atoms in total. The highest BCUT2D eigenvalue weighted by Crippen LogP contribution is 2.41. The molecule has 0 saturated carbocycles. The summed E-state index contributed by atoms with van der Waals surface area (Å²) in [6.07, 6.45) is 4.13. The fourth-order valence-corrected chi connectivity index (χ4v) is 10.7. The van der Waals surface area contributed by atoms with Crippen molar-refractivity contribution in [2.24, 2.45) is 45.7 Å². The summed E-state index contributed by atoms with van der Waals surface area (Å²) in [6.45, 7) is 6.24. The molecule has 12 bridgehead atoms. The number of hydrogen-bond donors (Lipinski definition) is 6. The van der Waals surface area contributed by atoms with Gasteiger partial charge >= 0.3 is 5.97 Å². The number of phenolic OH excluding ortho intramolecular Hbond substituents is 1. The zero-order chi connectivity index (χ0) is 37.4. The quantitative estimate of drug-likeness (QED) is 0.184. The standard InChI is InChI=1S/C42H58N6O6/c1-26(49)53-38-19-33(50)8-11-42-10-7-30-13-27(15-32-18-34(9-12-44-32)54-39-17-28(16-35(30)38)5-6-37(39)51)3-2-4-36-31-14-29(21-48(36)23-40(42)52)20-47(22-31)25-46-41(43)45-24-42/h5-6,17,27,29-36,38,40,44,50-52H,4,8-9,11-16,18-25H2,1H3,(H3,43,45,46)/t27-,29+,30-,31-,32-,33-,34-,35-,36+,38-,40-,42+/m0/s1.